The Balaban J connectivity index is 1.87. The van der Waals surface area contributed by atoms with Gasteiger partial charge in [0.25, 0.3) is 5.91 Å². The summed E-state index contributed by atoms with van der Waals surface area (Å²) in [4.78, 5) is 12.8. The van der Waals surface area contributed by atoms with E-state index in [1.807, 2.05) is 36.4 Å². The minimum Gasteiger partial charge on any atom is -0.508 e. The highest BCUT2D eigenvalue weighted by Crippen LogP contribution is 2.36. The molecule has 0 aliphatic carbocycles. The van der Waals surface area contributed by atoms with E-state index < -0.39 is 11.9 Å². The lowest BCUT2D eigenvalue weighted by Gasteiger charge is -2.23. The molecule has 0 aliphatic rings. The van der Waals surface area contributed by atoms with Crippen molar-refractivity contribution in [3.05, 3.63) is 114 Å². The third-order valence-electron chi connectivity index (χ3n) is 4.73. The average Bonchev–Trinajstić information content (AvgIpc) is 2.73. The zero-order chi connectivity index (χ0) is 19.5. The third kappa shape index (κ3) is 3.45. The molecule has 0 aliphatic heterocycles. The predicted octanol–water partition coefficient (Wildman–Crippen LogP) is 5.20. The molecular formula is C24H18FNO2. The van der Waals surface area contributed by atoms with E-state index in [4.69, 9.17) is 0 Å². The van der Waals surface area contributed by atoms with Crippen LogP contribution in [-0.4, -0.2) is 11.0 Å². The molecule has 28 heavy (non-hydrogen) atoms. The highest BCUT2D eigenvalue weighted by Gasteiger charge is 2.23. The first-order chi connectivity index (χ1) is 13.6. The number of hydrogen-bond acceptors (Lipinski definition) is 2. The normalized spacial score (nSPS) is 11.9. The van der Waals surface area contributed by atoms with Gasteiger partial charge in [0.1, 0.15) is 11.6 Å². The van der Waals surface area contributed by atoms with Crippen LogP contribution in [0.1, 0.15) is 27.5 Å². The monoisotopic (exact) mass is 371 g/mol. The SMILES string of the molecule is O=C(NC(c1cccc(F)c1)c1c(O)ccc2ccccc12)c1ccccc1. The van der Waals surface area contributed by atoms with Crippen LogP contribution in [0.25, 0.3) is 10.8 Å². The Hall–Kier alpha value is -3.66. The molecule has 0 heterocycles. The Labute approximate surface area is 162 Å². The van der Waals surface area contributed by atoms with Crippen LogP contribution in [0.5, 0.6) is 5.75 Å². The molecule has 3 nitrogen and oxygen atoms in total. The van der Waals surface area contributed by atoms with Crippen molar-refractivity contribution in [2.45, 2.75) is 6.04 Å². The number of benzene rings is 4. The Bertz CT molecular complexity index is 1140. The van der Waals surface area contributed by atoms with Gasteiger partial charge in [-0.25, -0.2) is 4.39 Å². The molecule has 4 heteroatoms. The highest BCUT2D eigenvalue weighted by atomic mass is 19.1. The number of aromatic hydroxyl groups is 1. The predicted molar refractivity (Wildman–Crippen MR) is 108 cm³/mol. The molecule has 4 aromatic carbocycles. The van der Waals surface area contributed by atoms with Gasteiger partial charge in [0, 0.05) is 11.1 Å². The lowest BCUT2D eigenvalue weighted by molar-refractivity contribution is 0.0943. The summed E-state index contributed by atoms with van der Waals surface area (Å²) in [5, 5.41) is 15.3. The minimum atomic E-state index is -0.713. The molecular weight excluding hydrogens is 353 g/mol. The second-order valence-corrected chi connectivity index (χ2v) is 6.55. The Morgan fingerprint density at radius 1 is 0.857 bits per heavy atom. The van der Waals surface area contributed by atoms with Gasteiger partial charge in [0.2, 0.25) is 0 Å². The van der Waals surface area contributed by atoms with E-state index in [1.165, 1.54) is 12.1 Å². The van der Waals surface area contributed by atoms with Crippen LogP contribution in [0.4, 0.5) is 4.39 Å². The maximum absolute atomic E-state index is 13.9. The molecule has 0 saturated heterocycles. The molecule has 0 bridgehead atoms. The topological polar surface area (TPSA) is 49.3 Å². The zero-order valence-corrected chi connectivity index (χ0v) is 15.0. The number of carbonyl (C=O) groups is 1. The zero-order valence-electron chi connectivity index (χ0n) is 15.0. The van der Waals surface area contributed by atoms with Gasteiger partial charge in [-0.15, -0.1) is 0 Å². The van der Waals surface area contributed by atoms with E-state index in [-0.39, 0.29) is 11.7 Å². The summed E-state index contributed by atoms with van der Waals surface area (Å²) in [6.45, 7) is 0. The van der Waals surface area contributed by atoms with Gasteiger partial charge in [-0.1, -0.05) is 60.7 Å². The number of fused-ring (bicyclic) bond motifs is 1. The standard InChI is InChI=1S/C24H18FNO2/c25-19-11-6-10-18(15-19)23(26-24(28)17-8-2-1-3-9-17)22-20-12-5-4-7-16(20)13-14-21(22)27/h1-15,23,27H,(H,26,28). The maximum atomic E-state index is 13.9. The van der Waals surface area contributed by atoms with Gasteiger partial charge in [-0.3, -0.25) is 4.79 Å². The van der Waals surface area contributed by atoms with Crippen LogP contribution in [0, 0.1) is 5.82 Å². The number of phenols is 1. The molecule has 0 radical (unpaired) electrons. The number of hydrogen-bond donors (Lipinski definition) is 2. The second kappa shape index (κ2) is 7.53. The van der Waals surface area contributed by atoms with Crippen molar-refractivity contribution < 1.29 is 14.3 Å². The Morgan fingerprint density at radius 3 is 2.39 bits per heavy atom. The average molecular weight is 371 g/mol. The first-order valence-electron chi connectivity index (χ1n) is 8.95. The van der Waals surface area contributed by atoms with Crippen molar-refractivity contribution in [3.8, 4) is 5.75 Å². The minimum absolute atomic E-state index is 0.0429. The van der Waals surface area contributed by atoms with Gasteiger partial charge in [-0.05, 0) is 46.7 Å². The smallest absolute Gasteiger partial charge is 0.252 e. The molecule has 4 aromatic rings. The largest absolute Gasteiger partial charge is 0.508 e. The Kier molecular flexibility index (Phi) is 4.77. The Morgan fingerprint density at radius 2 is 1.61 bits per heavy atom. The molecule has 1 unspecified atom stereocenters. The number of rotatable bonds is 4. The molecule has 0 fully saturated rings. The lowest BCUT2D eigenvalue weighted by atomic mass is 9.92. The summed E-state index contributed by atoms with van der Waals surface area (Å²) in [7, 11) is 0. The molecule has 138 valence electrons. The molecule has 4 rings (SSSR count). The van der Waals surface area contributed by atoms with Crippen molar-refractivity contribution in [1.82, 2.24) is 5.32 Å². The summed E-state index contributed by atoms with van der Waals surface area (Å²) < 4.78 is 13.9. The summed E-state index contributed by atoms with van der Waals surface area (Å²) in [5.74, 6) is -0.667. The summed E-state index contributed by atoms with van der Waals surface area (Å²) >= 11 is 0. The first kappa shape index (κ1) is 17.7. The number of halogens is 1. The molecule has 2 N–H and O–H groups in total. The van der Waals surface area contributed by atoms with Gasteiger partial charge in [-0.2, -0.15) is 0 Å². The second-order valence-electron chi connectivity index (χ2n) is 6.55. The van der Waals surface area contributed by atoms with Crippen LogP contribution in [0.3, 0.4) is 0 Å². The molecule has 0 saturated carbocycles. The van der Waals surface area contributed by atoms with Crippen LogP contribution in [0.15, 0.2) is 91.0 Å². The van der Waals surface area contributed by atoms with Crippen LogP contribution in [0.2, 0.25) is 0 Å². The van der Waals surface area contributed by atoms with Gasteiger partial charge < -0.3 is 10.4 Å². The summed E-state index contributed by atoms with van der Waals surface area (Å²) in [6.07, 6.45) is 0. The van der Waals surface area contributed by atoms with Gasteiger partial charge >= 0.3 is 0 Å². The lowest BCUT2D eigenvalue weighted by Crippen LogP contribution is -2.29. The van der Waals surface area contributed by atoms with E-state index in [9.17, 15) is 14.3 Å². The number of carbonyl (C=O) groups excluding carboxylic acids is 1. The van der Waals surface area contributed by atoms with E-state index in [2.05, 4.69) is 5.32 Å². The summed E-state index contributed by atoms with van der Waals surface area (Å²) in [5.41, 5.74) is 1.58. The number of phenolic OH excluding ortho intramolecular Hbond substituents is 1. The maximum Gasteiger partial charge on any atom is 0.252 e. The first-order valence-corrected chi connectivity index (χ1v) is 8.95. The van der Waals surface area contributed by atoms with Crippen molar-refractivity contribution in [1.29, 1.82) is 0 Å². The van der Waals surface area contributed by atoms with Crippen molar-refractivity contribution >= 4 is 16.7 Å². The third-order valence-corrected chi connectivity index (χ3v) is 4.73. The van der Waals surface area contributed by atoms with E-state index in [0.29, 0.717) is 16.7 Å². The number of amides is 1. The van der Waals surface area contributed by atoms with E-state index >= 15 is 0 Å². The molecule has 0 spiro atoms. The van der Waals surface area contributed by atoms with Crippen LogP contribution < -0.4 is 5.32 Å². The highest BCUT2D eigenvalue weighted by molar-refractivity contribution is 5.96. The summed E-state index contributed by atoms with van der Waals surface area (Å²) in [6, 6.07) is 25.1. The fraction of sp³-hybridized carbons (Fsp3) is 0.0417. The van der Waals surface area contributed by atoms with Crippen LogP contribution in [-0.2, 0) is 0 Å². The quantitative estimate of drug-likeness (QED) is 0.518. The van der Waals surface area contributed by atoms with Crippen molar-refractivity contribution in [2.75, 3.05) is 0 Å². The van der Waals surface area contributed by atoms with Crippen molar-refractivity contribution in [3.63, 3.8) is 0 Å². The fourth-order valence-corrected chi connectivity index (χ4v) is 3.40. The van der Waals surface area contributed by atoms with E-state index in [1.54, 1.807) is 42.5 Å². The number of nitrogens with one attached hydrogen (secondary N) is 1. The van der Waals surface area contributed by atoms with Crippen molar-refractivity contribution in [2.24, 2.45) is 0 Å². The van der Waals surface area contributed by atoms with Gasteiger partial charge in [0.05, 0.1) is 6.04 Å². The molecule has 1 amide bonds. The molecule has 1 atom stereocenters. The van der Waals surface area contributed by atoms with Crippen LogP contribution >= 0.6 is 0 Å². The molecule has 0 aromatic heterocycles. The fourth-order valence-electron chi connectivity index (χ4n) is 3.40. The van der Waals surface area contributed by atoms with Gasteiger partial charge in [0.15, 0.2) is 0 Å². The van der Waals surface area contributed by atoms with E-state index in [0.717, 1.165) is 10.8 Å².